The number of fused-ring (bicyclic) bond motifs is 1. The molecule has 4 N–H and O–H groups in total. The molecule has 0 fully saturated rings. The SMILES string of the molecule is CCCCCCCN=C1C=C(NCCCCCCC)C(=O)c2c(NCCCCCCC)cc(NCCCCCCC)c(O)c21. The van der Waals surface area contributed by atoms with E-state index in [1.807, 2.05) is 12.1 Å². The minimum absolute atomic E-state index is 0.0506. The van der Waals surface area contributed by atoms with Crippen LogP contribution in [0.4, 0.5) is 11.4 Å². The average Bonchev–Trinajstić information content (AvgIpc) is 3.02. The number of rotatable bonds is 27. The summed E-state index contributed by atoms with van der Waals surface area (Å²) in [7, 11) is 0. The number of nitrogens with one attached hydrogen (secondary N) is 3. The fourth-order valence-electron chi connectivity index (χ4n) is 5.87. The van der Waals surface area contributed by atoms with E-state index in [0.29, 0.717) is 29.1 Å². The van der Waals surface area contributed by atoms with Crippen molar-refractivity contribution >= 4 is 22.9 Å². The number of carbonyl (C=O) groups is 1. The van der Waals surface area contributed by atoms with Crippen molar-refractivity contribution in [3.8, 4) is 5.75 Å². The van der Waals surface area contributed by atoms with Crippen LogP contribution in [0.3, 0.4) is 0 Å². The molecule has 0 bridgehead atoms. The van der Waals surface area contributed by atoms with E-state index in [-0.39, 0.29) is 11.5 Å². The summed E-state index contributed by atoms with van der Waals surface area (Å²) < 4.78 is 0. The summed E-state index contributed by atoms with van der Waals surface area (Å²) >= 11 is 0. The lowest BCUT2D eigenvalue weighted by Crippen LogP contribution is -2.29. The van der Waals surface area contributed by atoms with Crippen molar-refractivity contribution in [2.45, 2.75) is 156 Å². The molecule has 1 aromatic rings. The lowest BCUT2D eigenvalue weighted by atomic mass is 9.88. The molecule has 0 amide bonds. The van der Waals surface area contributed by atoms with Gasteiger partial charge in [-0.25, -0.2) is 0 Å². The molecule has 0 spiro atoms. The fourth-order valence-corrected chi connectivity index (χ4v) is 5.87. The number of Topliss-reactive ketones (excluding diaryl/α,β-unsaturated/α-hetero) is 1. The van der Waals surface area contributed by atoms with Gasteiger partial charge >= 0.3 is 0 Å². The second-order valence-electron chi connectivity index (χ2n) is 12.7. The van der Waals surface area contributed by atoms with Crippen LogP contribution in [0, 0.1) is 0 Å². The number of aromatic hydroxyl groups is 1. The molecule has 0 radical (unpaired) electrons. The summed E-state index contributed by atoms with van der Waals surface area (Å²) in [6, 6.07) is 1.96. The van der Waals surface area contributed by atoms with Crippen molar-refractivity contribution in [2.75, 3.05) is 36.8 Å². The molecule has 2 rings (SSSR count). The first-order valence-electron chi connectivity index (χ1n) is 18.5. The van der Waals surface area contributed by atoms with Crippen molar-refractivity contribution in [3.05, 3.63) is 29.0 Å². The van der Waals surface area contributed by atoms with E-state index in [2.05, 4.69) is 43.6 Å². The molecule has 0 saturated carbocycles. The highest BCUT2D eigenvalue weighted by molar-refractivity contribution is 6.29. The lowest BCUT2D eigenvalue weighted by molar-refractivity contribution is 0.102. The molecular formula is C38H66N4O2. The van der Waals surface area contributed by atoms with Gasteiger partial charge in [0.1, 0.15) is 5.75 Å². The average molecular weight is 611 g/mol. The van der Waals surface area contributed by atoms with E-state index in [9.17, 15) is 9.90 Å². The first-order valence-corrected chi connectivity index (χ1v) is 18.5. The van der Waals surface area contributed by atoms with Crippen LogP contribution in [0.2, 0.25) is 0 Å². The van der Waals surface area contributed by atoms with Crippen molar-refractivity contribution in [3.63, 3.8) is 0 Å². The Balaban J connectivity index is 2.36. The molecule has 6 heteroatoms. The third kappa shape index (κ3) is 13.6. The Labute approximate surface area is 270 Å². The first kappa shape index (κ1) is 37.7. The highest BCUT2D eigenvalue weighted by Gasteiger charge is 2.31. The second-order valence-corrected chi connectivity index (χ2v) is 12.7. The molecule has 1 aromatic carbocycles. The molecule has 1 aliphatic rings. The Morgan fingerprint density at radius 3 is 1.55 bits per heavy atom. The Bertz CT molecular complexity index is 1000. The summed E-state index contributed by atoms with van der Waals surface area (Å²) in [4.78, 5) is 19.1. The number of allylic oxidation sites excluding steroid dienone is 2. The number of benzene rings is 1. The highest BCUT2D eigenvalue weighted by Crippen LogP contribution is 2.40. The van der Waals surface area contributed by atoms with Crippen LogP contribution in [0.25, 0.3) is 0 Å². The van der Waals surface area contributed by atoms with Gasteiger partial charge in [-0.05, 0) is 37.8 Å². The number of hydrogen-bond acceptors (Lipinski definition) is 6. The maximum atomic E-state index is 14.0. The van der Waals surface area contributed by atoms with Crippen molar-refractivity contribution < 1.29 is 9.90 Å². The van der Waals surface area contributed by atoms with Gasteiger partial charge in [-0.3, -0.25) is 9.79 Å². The van der Waals surface area contributed by atoms with Gasteiger partial charge in [0, 0.05) is 31.9 Å². The zero-order valence-corrected chi connectivity index (χ0v) is 28.9. The Hall–Kier alpha value is -2.50. The van der Waals surface area contributed by atoms with Crippen LogP contribution < -0.4 is 16.0 Å². The van der Waals surface area contributed by atoms with Crippen LogP contribution in [0.15, 0.2) is 22.8 Å². The highest BCUT2D eigenvalue weighted by atomic mass is 16.3. The largest absolute Gasteiger partial charge is 0.505 e. The van der Waals surface area contributed by atoms with Crippen molar-refractivity contribution in [2.24, 2.45) is 4.99 Å². The number of unbranched alkanes of at least 4 members (excludes halogenated alkanes) is 16. The lowest BCUT2D eigenvalue weighted by Gasteiger charge is -2.25. The zero-order valence-electron chi connectivity index (χ0n) is 28.9. The van der Waals surface area contributed by atoms with Gasteiger partial charge in [-0.2, -0.15) is 0 Å². The maximum Gasteiger partial charge on any atom is 0.211 e. The standard InChI is InChI=1S/C38H66N4O2/c1-5-9-13-17-21-25-39-31-29-33(41-27-23-19-15-11-7-3)38(44)36-32(40-26-22-18-14-10-6-2)30-34(37(43)35(31)36)42-28-24-20-16-12-8-4/h29-30,39,41-42,44H,5-28H2,1-4H3. The predicted molar refractivity (Wildman–Crippen MR) is 192 cm³/mol. The summed E-state index contributed by atoms with van der Waals surface area (Å²) in [6.07, 6.45) is 25.6. The number of hydrogen-bond donors (Lipinski definition) is 4. The van der Waals surface area contributed by atoms with Gasteiger partial charge in [0.25, 0.3) is 0 Å². The quantitative estimate of drug-likeness (QED) is 0.0452. The fraction of sp³-hybridized carbons (Fsp3) is 0.737. The first-order chi connectivity index (χ1) is 21.6. The molecule has 6 nitrogen and oxygen atoms in total. The van der Waals surface area contributed by atoms with Gasteiger partial charge in [0.15, 0.2) is 0 Å². The van der Waals surface area contributed by atoms with Crippen molar-refractivity contribution in [1.82, 2.24) is 5.32 Å². The van der Waals surface area contributed by atoms with E-state index in [1.54, 1.807) is 0 Å². The molecule has 0 aromatic heterocycles. The summed E-state index contributed by atoms with van der Waals surface area (Å²) in [6.45, 7) is 12.0. The smallest absolute Gasteiger partial charge is 0.211 e. The van der Waals surface area contributed by atoms with Crippen LogP contribution >= 0.6 is 0 Å². The minimum atomic E-state index is -0.0506. The number of phenols is 1. The van der Waals surface area contributed by atoms with E-state index in [4.69, 9.17) is 4.99 Å². The van der Waals surface area contributed by atoms with Crippen molar-refractivity contribution in [1.29, 1.82) is 0 Å². The molecule has 0 saturated heterocycles. The third-order valence-electron chi connectivity index (χ3n) is 8.64. The monoisotopic (exact) mass is 611 g/mol. The van der Waals surface area contributed by atoms with Crippen LogP contribution in [0.1, 0.15) is 172 Å². The maximum absolute atomic E-state index is 14.0. The van der Waals surface area contributed by atoms with E-state index < -0.39 is 0 Å². The van der Waals surface area contributed by atoms with E-state index >= 15 is 0 Å². The van der Waals surface area contributed by atoms with Gasteiger partial charge in [-0.1, -0.05) is 130 Å². The number of aliphatic imine (C=N–C) groups is 1. The van der Waals surface area contributed by atoms with Gasteiger partial charge in [0.2, 0.25) is 5.78 Å². The molecule has 0 aliphatic heterocycles. The van der Waals surface area contributed by atoms with Crippen LogP contribution in [-0.2, 0) is 0 Å². The molecule has 0 atom stereocenters. The predicted octanol–water partition coefficient (Wildman–Crippen LogP) is 10.6. The molecule has 44 heavy (non-hydrogen) atoms. The molecular weight excluding hydrogens is 544 g/mol. The minimum Gasteiger partial charge on any atom is -0.505 e. The van der Waals surface area contributed by atoms with E-state index in [0.717, 1.165) is 69.6 Å². The Morgan fingerprint density at radius 1 is 0.568 bits per heavy atom. The number of carbonyl (C=O) groups excluding carboxylic acids is 1. The van der Waals surface area contributed by atoms with Gasteiger partial charge < -0.3 is 21.1 Å². The van der Waals surface area contributed by atoms with Crippen LogP contribution in [-0.4, -0.2) is 42.8 Å². The Kier molecular flexibility index (Phi) is 20.4. The van der Waals surface area contributed by atoms with E-state index in [1.165, 1.54) is 89.9 Å². The molecule has 250 valence electrons. The van der Waals surface area contributed by atoms with Gasteiger partial charge in [0.05, 0.1) is 28.2 Å². The van der Waals surface area contributed by atoms with Crippen LogP contribution in [0.5, 0.6) is 5.75 Å². The summed E-state index contributed by atoms with van der Waals surface area (Å²) in [5.41, 5.74) is 3.96. The Morgan fingerprint density at radius 2 is 1.02 bits per heavy atom. The molecule has 0 heterocycles. The number of nitrogens with zero attached hydrogens (tertiary/aromatic N) is 1. The number of anilines is 2. The zero-order chi connectivity index (χ0) is 31.8. The summed E-state index contributed by atoms with van der Waals surface area (Å²) in [5.74, 6) is 0.0976. The number of ketones is 1. The van der Waals surface area contributed by atoms with Gasteiger partial charge in [-0.15, -0.1) is 0 Å². The summed E-state index contributed by atoms with van der Waals surface area (Å²) in [5, 5.41) is 22.2. The number of phenolic OH excluding ortho intramolecular Hbond substituents is 1. The topological polar surface area (TPSA) is 85.8 Å². The molecule has 1 aliphatic carbocycles. The third-order valence-corrected chi connectivity index (χ3v) is 8.64. The normalized spacial score (nSPS) is 13.7. The molecule has 0 unspecified atom stereocenters. The second kappa shape index (κ2) is 23.8.